The molecule has 31 heavy (non-hydrogen) atoms. The second-order valence-electron chi connectivity index (χ2n) is 9.57. The summed E-state index contributed by atoms with van der Waals surface area (Å²) in [5.41, 5.74) is 4.93. The first-order valence-corrected chi connectivity index (χ1v) is 11.1. The largest absolute Gasteiger partial charge is 0.481 e. The van der Waals surface area contributed by atoms with Crippen LogP contribution in [0.25, 0.3) is 11.0 Å². The number of nitrogens with zero attached hydrogens (tertiary/aromatic N) is 1. The quantitative estimate of drug-likeness (QED) is 0.446. The maximum atomic E-state index is 12.8. The fourth-order valence-electron chi connectivity index (χ4n) is 3.48. The van der Waals surface area contributed by atoms with E-state index in [1.54, 1.807) is 13.3 Å². The van der Waals surface area contributed by atoms with Crippen LogP contribution in [0.2, 0.25) is 0 Å². The van der Waals surface area contributed by atoms with Crippen molar-refractivity contribution >= 4 is 22.6 Å². The summed E-state index contributed by atoms with van der Waals surface area (Å²) in [7, 11) is 0. The zero-order valence-electron chi connectivity index (χ0n) is 19.8. The van der Waals surface area contributed by atoms with Gasteiger partial charge >= 0.3 is 0 Å². The zero-order chi connectivity index (χ0) is 22.8. The predicted octanol–water partition coefficient (Wildman–Crippen LogP) is 6.34. The van der Waals surface area contributed by atoms with E-state index in [0.29, 0.717) is 5.69 Å². The van der Waals surface area contributed by atoms with E-state index in [1.807, 2.05) is 24.3 Å². The van der Waals surface area contributed by atoms with Crippen molar-refractivity contribution < 1.29 is 9.53 Å². The summed E-state index contributed by atoms with van der Waals surface area (Å²) < 4.78 is 6.21. The van der Waals surface area contributed by atoms with Gasteiger partial charge in [0.2, 0.25) is 0 Å². The SMILES string of the molecule is CCC(C)(C)c1ccc(OC(C)C(=O)Nc2ccc3nc[nH]c3c2)c(C(C)(C)CC)c1. The lowest BCUT2D eigenvalue weighted by Crippen LogP contribution is -2.31. The molecular formula is C26H35N3O2. The Morgan fingerprint density at radius 3 is 2.45 bits per heavy atom. The smallest absolute Gasteiger partial charge is 0.265 e. The van der Waals surface area contributed by atoms with E-state index in [1.165, 1.54) is 5.56 Å². The fourth-order valence-corrected chi connectivity index (χ4v) is 3.48. The van der Waals surface area contributed by atoms with Crippen LogP contribution in [-0.4, -0.2) is 22.0 Å². The Kier molecular flexibility index (Phi) is 6.44. The lowest BCUT2D eigenvalue weighted by molar-refractivity contribution is -0.122. The average Bonchev–Trinajstić information content (AvgIpc) is 3.21. The highest BCUT2D eigenvalue weighted by atomic mass is 16.5. The topological polar surface area (TPSA) is 67.0 Å². The van der Waals surface area contributed by atoms with Crippen molar-refractivity contribution in [1.29, 1.82) is 0 Å². The van der Waals surface area contributed by atoms with Crippen molar-refractivity contribution in [3.05, 3.63) is 53.9 Å². The number of aromatic nitrogens is 2. The molecule has 1 amide bonds. The lowest BCUT2D eigenvalue weighted by atomic mass is 9.76. The summed E-state index contributed by atoms with van der Waals surface area (Å²) in [6.45, 7) is 15.2. The molecule has 0 aliphatic rings. The molecule has 0 aliphatic carbocycles. The summed E-state index contributed by atoms with van der Waals surface area (Å²) in [6, 6.07) is 12.0. The van der Waals surface area contributed by atoms with Gasteiger partial charge in [0.15, 0.2) is 6.10 Å². The van der Waals surface area contributed by atoms with Crippen LogP contribution in [-0.2, 0) is 15.6 Å². The number of rotatable bonds is 8. The molecule has 3 aromatic rings. The van der Waals surface area contributed by atoms with Gasteiger partial charge in [-0.15, -0.1) is 0 Å². The Hall–Kier alpha value is -2.82. The number of fused-ring (bicyclic) bond motifs is 1. The van der Waals surface area contributed by atoms with Crippen molar-refractivity contribution in [2.45, 2.75) is 78.2 Å². The Bertz CT molecular complexity index is 1070. The molecule has 1 unspecified atom stereocenters. The normalized spacial score (nSPS) is 13.3. The van der Waals surface area contributed by atoms with Crippen molar-refractivity contribution in [3.63, 3.8) is 0 Å². The van der Waals surface area contributed by atoms with E-state index >= 15 is 0 Å². The molecule has 3 rings (SSSR count). The fraction of sp³-hybridized carbons (Fsp3) is 0.462. The van der Waals surface area contributed by atoms with Crippen LogP contribution in [0.15, 0.2) is 42.7 Å². The Labute approximate surface area is 185 Å². The Balaban J connectivity index is 1.83. The van der Waals surface area contributed by atoms with Crippen molar-refractivity contribution in [2.24, 2.45) is 0 Å². The number of amides is 1. The molecular weight excluding hydrogens is 386 g/mol. The molecule has 2 aromatic carbocycles. The Morgan fingerprint density at radius 1 is 1.06 bits per heavy atom. The van der Waals surface area contributed by atoms with Crippen LogP contribution in [0.5, 0.6) is 5.75 Å². The van der Waals surface area contributed by atoms with Crippen molar-refractivity contribution in [2.75, 3.05) is 5.32 Å². The molecule has 0 fully saturated rings. The van der Waals surface area contributed by atoms with Gasteiger partial charge in [0.1, 0.15) is 5.75 Å². The molecule has 5 nitrogen and oxygen atoms in total. The number of hydrogen-bond donors (Lipinski definition) is 2. The molecule has 5 heteroatoms. The summed E-state index contributed by atoms with van der Waals surface area (Å²) in [6.07, 6.45) is 3.04. The van der Waals surface area contributed by atoms with E-state index in [0.717, 1.165) is 35.2 Å². The second kappa shape index (κ2) is 8.74. The summed E-state index contributed by atoms with van der Waals surface area (Å²) in [5, 5.41) is 2.95. The molecule has 1 aromatic heterocycles. The molecule has 0 saturated heterocycles. The van der Waals surface area contributed by atoms with E-state index in [2.05, 4.69) is 69.0 Å². The van der Waals surface area contributed by atoms with Gasteiger partial charge in [-0.25, -0.2) is 4.98 Å². The van der Waals surface area contributed by atoms with E-state index in [4.69, 9.17) is 4.74 Å². The van der Waals surface area contributed by atoms with Crippen LogP contribution in [0.3, 0.4) is 0 Å². The summed E-state index contributed by atoms with van der Waals surface area (Å²) in [5.74, 6) is 0.589. The third kappa shape index (κ3) is 4.92. The van der Waals surface area contributed by atoms with E-state index in [-0.39, 0.29) is 16.7 Å². The maximum absolute atomic E-state index is 12.8. The molecule has 0 aliphatic heterocycles. The molecule has 0 bridgehead atoms. The lowest BCUT2D eigenvalue weighted by Gasteiger charge is -2.31. The molecule has 1 atom stereocenters. The number of anilines is 1. The number of ether oxygens (including phenoxy) is 1. The standard InChI is InChI=1S/C26H35N3O2/c1-8-25(4,5)18-10-13-23(20(14-18)26(6,7)9-2)31-17(3)24(30)29-19-11-12-21-22(15-19)28-16-27-21/h10-17H,8-9H2,1-7H3,(H,27,28)(H,29,30). The van der Waals surface area contributed by atoms with Gasteiger partial charge in [-0.1, -0.05) is 53.7 Å². The zero-order valence-corrected chi connectivity index (χ0v) is 19.8. The number of nitrogens with one attached hydrogen (secondary N) is 2. The number of aromatic amines is 1. The minimum atomic E-state index is -0.631. The summed E-state index contributed by atoms with van der Waals surface area (Å²) >= 11 is 0. The maximum Gasteiger partial charge on any atom is 0.265 e. The number of carbonyl (C=O) groups excluding carboxylic acids is 1. The van der Waals surface area contributed by atoms with Crippen LogP contribution in [0, 0.1) is 0 Å². The first kappa shape index (κ1) is 22.9. The highest BCUT2D eigenvalue weighted by molar-refractivity contribution is 5.95. The molecule has 166 valence electrons. The van der Waals surface area contributed by atoms with Gasteiger partial charge in [-0.05, 0) is 60.4 Å². The number of benzene rings is 2. The van der Waals surface area contributed by atoms with Gasteiger partial charge in [-0.2, -0.15) is 0 Å². The number of hydrogen-bond acceptors (Lipinski definition) is 3. The monoisotopic (exact) mass is 421 g/mol. The average molecular weight is 422 g/mol. The molecule has 0 saturated carbocycles. The number of imidazole rings is 1. The van der Waals surface area contributed by atoms with Crippen LogP contribution < -0.4 is 10.1 Å². The van der Waals surface area contributed by atoms with Crippen molar-refractivity contribution in [3.8, 4) is 5.75 Å². The third-order valence-electron chi connectivity index (χ3n) is 6.62. The summed E-state index contributed by atoms with van der Waals surface area (Å²) in [4.78, 5) is 20.1. The third-order valence-corrected chi connectivity index (χ3v) is 6.62. The van der Waals surface area contributed by atoms with E-state index in [9.17, 15) is 4.79 Å². The highest BCUT2D eigenvalue weighted by Gasteiger charge is 2.28. The van der Waals surface area contributed by atoms with Crippen LogP contribution in [0.4, 0.5) is 5.69 Å². The highest BCUT2D eigenvalue weighted by Crippen LogP contribution is 2.38. The molecule has 2 N–H and O–H groups in total. The van der Waals surface area contributed by atoms with Gasteiger partial charge in [0.05, 0.1) is 17.4 Å². The van der Waals surface area contributed by atoms with Gasteiger partial charge in [-0.3, -0.25) is 4.79 Å². The second-order valence-corrected chi connectivity index (χ2v) is 9.57. The first-order chi connectivity index (χ1) is 14.6. The molecule has 0 spiro atoms. The number of H-pyrrole nitrogens is 1. The van der Waals surface area contributed by atoms with Crippen LogP contribution >= 0.6 is 0 Å². The minimum Gasteiger partial charge on any atom is -0.481 e. The van der Waals surface area contributed by atoms with Crippen LogP contribution in [0.1, 0.15) is 72.4 Å². The molecule has 0 radical (unpaired) electrons. The van der Waals surface area contributed by atoms with Gasteiger partial charge < -0.3 is 15.0 Å². The van der Waals surface area contributed by atoms with Gasteiger partial charge in [0, 0.05) is 11.3 Å². The van der Waals surface area contributed by atoms with Gasteiger partial charge in [0.25, 0.3) is 5.91 Å². The predicted molar refractivity (Wildman–Crippen MR) is 128 cm³/mol. The Morgan fingerprint density at radius 2 is 1.77 bits per heavy atom. The van der Waals surface area contributed by atoms with Crippen molar-refractivity contribution in [1.82, 2.24) is 9.97 Å². The minimum absolute atomic E-state index is 0.0585. The number of carbonyl (C=O) groups is 1. The first-order valence-electron chi connectivity index (χ1n) is 11.1. The molecule has 1 heterocycles. The van der Waals surface area contributed by atoms with E-state index < -0.39 is 6.10 Å².